The van der Waals surface area contributed by atoms with E-state index in [1.165, 1.54) is 0 Å². The summed E-state index contributed by atoms with van der Waals surface area (Å²) >= 11 is 0. The van der Waals surface area contributed by atoms with Crippen molar-refractivity contribution in [3.63, 3.8) is 0 Å². The molecule has 21 heavy (non-hydrogen) atoms. The fraction of sp³-hybridized carbons (Fsp3) is 0.312. The van der Waals surface area contributed by atoms with Crippen molar-refractivity contribution in [3.05, 3.63) is 53.0 Å². The molecule has 1 aromatic carbocycles. The second kappa shape index (κ2) is 5.33. The maximum atomic E-state index is 13.8. The van der Waals surface area contributed by atoms with Crippen LogP contribution >= 0.6 is 0 Å². The van der Waals surface area contributed by atoms with Gasteiger partial charge in [-0.1, -0.05) is 0 Å². The quantitative estimate of drug-likeness (QED) is 0.774. The number of aromatic amines is 1. The number of hydrogen-bond donors (Lipinski definition) is 2. The predicted octanol–water partition coefficient (Wildman–Crippen LogP) is 2.95. The van der Waals surface area contributed by atoms with Gasteiger partial charge >= 0.3 is 0 Å². The van der Waals surface area contributed by atoms with Crippen LogP contribution < -0.4 is 5.32 Å². The second-order valence-corrected chi connectivity index (χ2v) is 5.42. The molecule has 0 unspecified atom stereocenters. The Labute approximate surface area is 123 Å². The lowest BCUT2D eigenvalue weighted by atomic mass is 10.1. The Kier molecular flexibility index (Phi) is 3.51. The van der Waals surface area contributed by atoms with Gasteiger partial charge in [-0.05, 0) is 37.1 Å². The van der Waals surface area contributed by atoms with Crippen LogP contribution in [0.5, 0.6) is 0 Å². The number of imidazole rings is 1. The van der Waals surface area contributed by atoms with Gasteiger partial charge < -0.3 is 14.9 Å². The lowest BCUT2D eigenvalue weighted by Gasteiger charge is -2.07. The first-order valence-electron chi connectivity index (χ1n) is 7.00. The predicted molar refractivity (Wildman–Crippen MR) is 81.5 cm³/mol. The fourth-order valence-electron chi connectivity index (χ4n) is 2.61. The molecule has 2 heterocycles. The molecule has 2 N–H and O–H groups in total. The molecule has 0 radical (unpaired) electrons. The van der Waals surface area contributed by atoms with E-state index < -0.39 is 0 Å². The van der Waals surface area contributed by atoms with Gasteiger partial charge in [0.1, 0.15) is 11.6 Å². The first kappa shape index (κ1) is 13.8. The average Bonchev–Trinajstić information content (AvgIpc) is 2.97. The van der Waals surface area contributed by atoms with Crippen LogP contribution in [-0.4, -0.2) is 14.5 Å². The Morgan fingerprint density at radius 3 is 2.81 bits per heavy atom. The highest BCUT2D eigenvalue weighted by atomic mass is 19.1. The van der Waals surface area contributed by atoms with E-state index >= 15 is 0 Å². The van der Waals surface area contributed by atoms with Crippen LogP contribution in [-0.2, 0) is 20.1 Å². The number of halogens is 1. The molecule has 0 saturated heterocycles. The molecule has 4 nitrogen and oxygen atoms in total. The molecule has 2 aromatic heterocycles. The Morgan fingerprint density at radius 1 is 1.29 bits per heavy atom. The smallest absolute Gasteiger partial charge is 0.124 e. The monoisotopic (exact) mass is 286 g/mol. The third kappa shape index (κ3) is 2.56. The van der Waals surface area contributed by atoms with E-state index in [0.29, 0.717) is 13.1 Å². The summed E-state index contributed by atoms with van der Waals surface area (Å²) in [5.74, 6) is 0.764. The van der Waals surface area contributed by atoms with E-state index in [4.69, 9.17) is 0 Å². The van der Waals surface area contributed by atoms with Gasteiger partial charge in [0.25, 0.3) is 0 Å². The molecule has 0 aliphatic carbocycles. The van der Waals surface area contributed by atoms with E-state index in [0.717, 1.165) is 33.5 Å². The van der Waals surface area contributed by atoms with Crippen molar-refractivity contribution in [3.8, 4) is 0 Å². The highest BCUT2D eigenvalue weighted by molar-refractivity contribution is 5.87. The first-order valence-corrected chi connectivity index (χ1v) is 7.00. The number of aryl methyl sites for hydroxylation is 3. The number of nitrogens with zero attached hydrogens (tertiary/aromatic N) is 2. The molecule has 0 spiro atoms. The number of rotatable bonds is 4. The number of benzene rings is 1. The Balaban J connectivity index is 1.83. The minimum Gasteiger partial charge on any atom is -0.358 e. The summed E-state index contributed by atoms with van der Waals surface area (Å²) in [5, 5.41) is 4.28. The topological polar surface area (TPSA) is 45.6 Å². The standard InChI is InChI=1S/C16H19FN4/c1-10-11(2)20-16-12(6-13(17)7-14(10)16)8-18-9-15-19-4-5-21(15)3/h4-7,18,20H,8-9H2,1-3H3. The molecule has 110 valence electrons. The molecule has 0 bridgehead atoms. The van der Waals surface area contributed by atoms with Crippen molar-refractivity contribution in [1.82, 2.24) is 19.9 Å². The molecule has 3 aromatic rings. The van der Waals surface area contributed by atoms with Crippen molar-refractivity contribution in [2.75, 3.05) is 0 Å². The van der Waals surface area contributed by atoms with Gasteiger partial charge in [-0.15, -0.1) is 0 Å². The van der Waals surface area contributed by atoms with Gasteiger partial charge in [0.15, 0.2) is 0 Å². The number of H-pyrrole nitrogens is 1. The molecular weight excluding hydrogens is 267 g/mol. The zero-order valence-corrected chi connectivity index (χ0v) is 12.5. The van der Waals surface area contributed by atoms with Crippen LogP contribution in [0.3, 0.4) is 0 Å². The van der Waals surface area contributed by atoms with E-state index in [-0.39, 0.29) is 5.82 Å². The second-order valence-electron chi connectivity index (χ2n) is 5.42. The van der Waals surface area contributed by atoms with Gasteiger partial charge in [-0.2, -0.15) is 0 Å². The van der Waals surface area contributed by atoms with Gasteiger partial charge in [0.05, 0.1) is 12.1 Å². The lowest BCUT2D eigenvalue weighted by Crippen LogP contribution is -2.16. The van der Waals surface area contributed by atoms with Gasteiger partial charge in [0, 0.05) is 37.1 Å². The third-order valence-electron chi connectivity index (χ3n) is 3.98. The van der Waals surface area contributed by atoms with Crippen LogP contribution in [0.1, 0.15) is 22.6 Å². The fourth-order valence-corrected chi connectivity index (χ4v) is 2.61. The molecule has 5 heteroatoms. The average molecular weight is 286 g/mol. The molecule has 0 saturated carbocycles. The van der Waals surface area contributed by atoms with Crippen LogP contribution in [0.25, 0.3) is 10.9 Å². The van der Waals surface area contributed by atoms with E-state index in [9.17, 15) is 4.39 Å². The van der Waals surface area contributed by atoms with Crippen LogP contribution in [0.2, 0.25) is 0 Å². The Morgan fingerprint density at radius 2 is 2.10 bits per heavy atom. The number of aromatic nitrogens is 3. The lowest BCUT2D eigenvalue weighted by molar-refractivity contribution is 0.616. The summed E-state index contributed by atoms with van der Waals surface area (Å²) in [6.07, 6.45) is 3.68. The number of hydrogen-bond acceptors (Lipinski definition) is 2. The summed E-state index contributed by atoms with van der Waals surface area (Å²) in [5.41, 5.74) is 4.14. The SMILES string of the molecule is Cc1[nH]c2c(CNCc3nccn3C)cc(F)cc2c1C. The molecule has 0 atom stereocenters. The first-order chi connectivity index (χ1) is 10.1. The number of fused-ring (bicyclic) bond motifs is 1. The molecule has 0 amide bonds. The summed E-state index contributed by atoms with van der Waals surface area (Å²) in [4.78, 5) is 7.61. The summed E-state index contributed by atoms with van der Waals surface area (Å²) < 4.78 is 15.8. The zero-order valence-electron chi connectivity index (χ0n) is 12.5. The highest BCUT2D eigenvalue weighted by Crippen LogP contribution is 2.25. The van der Waals surface area contributed by atoms with Crippen molar-refractivity contribution < 1.29 is 4.39 Å². The van der Waals surface area contributed by atoms with Crippen molar-refractivity contribution in [2.24, 2.45) is 7.05 Å². The highest BCUT2D eigenvalue weighted by Gasteiger charge is 2.10. The van der Waals surface area contributed by atoms with Crippen molar-refractivity contribution >= 4 is 10.9 Å². The van der Waals surface area contributed by atoms with E-state index in [1.54, 1.807) is 18.3 Å². The molecular formula is C16H19FN4. The van der Waals surface area contributed by atoms with Gasteiger partial charge in [-0.25, -0.2) is 9.37 Å². The molecule has 3 rings (SSSR count). The Hall–Kier alpha value is -2.14. The minimum atomic E-state index is -0.196. The van der Waals surface area contributed by atoms with Crippen LogP contribution in [0.15, 0.2) is 24.5 Å². The van der Waals surface area contributed by atoms with Crippen molar-refractivity contribution in [1.29, 1.82) is 0 Å². The van der Waals surface area contributed by atoms with E-state index in [1.807, 2.05) is 31.7 Å². The largest absolute Gasteiger partial charge is 0.358 e. The maximum Gasteiger partial charge on any atom is 0.124 e. The van der Waals surface area contributed by atoms with Gasteiger partial charge in [-0.3, -0.25) is 0 Å². The molecule has 0 fully saturated rings. The van der Waals surface area contributed by atoms with Crippen LogP contribution in [0.4, 0.5) is 4.39 Å². The summed E-state index contributed by atoms with van der Waals surface area (Å²) in [6, 6.07) is 3.18. The summed E-state index contributed by atoms with van der Waals surface area (Å²) in [6.45, 7) is 5.28. The minimum absolute atomic E-state index is 0.196. The molecule has 0 aliphatic heterocycles. The maximum absolute atomic E-state index is 13.8. The summed E-state index contributed by atoms with van der Waals surface area (Å²) in [7, 11) is 1.96. The molecule has 0 aliphatic rings. The van der Waals surface area contributed by atoms with Gasteiger partial charge in [0.2, 0.25) is 0 Å². The van der Waals surface area contributed by atoms with Crippen molar-refractivity contribution in [2.45, 2.75) is 26.9 Å². The van der Waals surface area contributed by atoms with Crippen LogP contribution in [0, 0.1) is 19.7 Å². The third-order valence-corrected chi connectivity index (χ3v) is 3.98. The number of nitrogens with one attached hydrogen (secondary N) is 2. The normalized spacial score (nSPS) is 11.4. The zero-order chi connectivity index (χ0) is 15.0. The van der Waals surface area contributed by atoms with E-state index in [2.05, 4.69) is 15.3 Å². The Bertz CT molecular complexity index is 785.